The van der Waals surface area contributed by atoms with E-state index >= 15 is 0 Å². The molecule has 1 saturated carbocycles. The largest absolute Gasteiger partial charge is 0.481 e. The van der Waals surface area contributed by atoms with Gasteiger partial charge in [0.05, 0.1) is 30.8 Å². The molecule has 0 bridgehead atoms. The lowest BCUT2D eigenvalue weighted by atomic mass is 9.84. The zero-order valence-electron chi connectivity index (χ0n) is 14.5. The highest BCUT2D eigenvalue weighted by atomic mass is 16.6. The Hall–Kier alpha value is -1.40. The van der Waals surface area contributed by atoms with E-state index in [-0.39, 0.29) is 12.2 Å². The van der Waals surface area contributed by atoms with Gasteiger partial charge >= 0.3 is 11.9 Å². The summed E-state index contributed by atoms with van der Waals surface area (Å²) in [6.45, 7) is 6.08. The standard InChI is InChI=1S/C17H28O6/c1-16(2,3)23-14(18)13(12-22-10-9-21-4)11-17(15(19)20)7-5-6-8-17/h11H,5-10,12H2,1-4H3,(H,19,20). The first kappa shape index (κ1) is 19.6. The summed E-state index contributed by atoms with van der Waals surface area (Å²) in [7, 11) is 1.56. The van der Waals surface area contributed by atoms with Crippen molar-refractivity contribution < 1.29 is 28.9 Å². The highest BCUT2D eigenvalue weighted by Crippen LogP contribution is 2.40. The molecule has 0 radical (unpaired) electrons. The molecule has 1 rings (SSSR count). The van der Waals surface area contributed by atoms with Crippen LogP contribution in [-0.4, -0.2) is 49.6 Å². The number of methoxy groups -OCH3 is 1. The van der Waals surface area contributed by atoms with Crippen molar-refractivity contribution in [2.75, 3.05) is 26.9 Å². The summed E-state index contributed by atoms with van der Waals surface area (Å²) >= 11 is 0. The van der Waals surface area contributed by atoms with Crippen molar-refractivity contribution in [3.8, 4) is 0 Å². The molecule has 0 saturated heterocycles. The molecule has 1 N–H and O–H groups in total. The quantitative estimate of drug-likeness (QED) is 0.419. The van der Waals surface area contributed by atoms with Crippen LogP contribution in [0.5, 0.6) is 0 Å². The maximum absolute atomic E-state index is 12.4. The zero-order chi connectivity index (χ0) is 17.5. The predicted molar refractivity (Wildman–Crippen MR) is 85.2 cm³/mol. The Balaban J connectivity index is 2.94. The molecular weight excluding hydrogens is 300 g/mol. The van der Waals surface area contributed by atoms with Gasteiger partial charge in [0, 0.05) is 7.11 Å². The third-order valence-corrected chi connectivity index (χ3v) is 3.72. The van der Waals surface area contributed by atoms with Crippen LogP contribution in [0.15, 0.2) is 11.6 Å². The van der Waals surface area contributed by atoms with Crippen LogP contribution in [0.4, 0.5) is 0 Å². The van der Waals surface area contributed by atoms with Crippen molar-refractivity contribution in [1.29, 1.82) is 0 Å². The number of esters is 1. The minimum absolute atomic E-state index is 0.0211. The summed E-state index contributed by atoms with van der Waals surface area (Å²) in [4.78, 5) is 24.1. The summed E-state index contributed by atoms with van der Waals surface area (Å²) in [5.41, 5.74) is -1.37. The van der Waals surface area contributed by atoms with Gasteiger partial charge in [-0.15, -0.1) is 0 Å². The number of hydrogen-bond acceptors (Lipinski definition) is 5. The van der Waals surface area contributed by atoms with Crippen molar-refractivity contribution in [3.63, 3.8) is 0 Å². The number of carbonyl (C=O) groups is 2. The van der Waals surface area contributed by atoms with Crippen LogP contribution in [0.25, 0.3) is 0 Å². The Morgan fingerprint density at radius 2 is 1.78 bits per heavy atom. The molecule has 0 aromatic heterocycles. The zero-order valence-corrected chi connectivity index (χ0v) is 14.5. The van der Waals surface area contributed by atoms with Crippen molar-refractivity contribution in [2.24, 2.45) is 5.41 Å². The Morgan fingerprint density at radius 3 is 2.26 bits per heavy atom. The molecule has 23 heavy (non-hydrogen) atoms. The van der Waals surface area contributed by atoms with Gasteiger partial charge in [0.1, 0.15) is 5.60 Å². The number of ether oxygens (including phenoxy) is 3. The lowest BCUT2D eigenvalue weighted by Crippen LogP contribution is -2.30. The summed E-state index contributed by atoms with van der Waals surface area (Å²) in [6, 6.07) is 0. The molecule has 0 unspecified atom stereocenters. The topological polar surface area (TPSA) is 82.1 Å². The van der Waals surface area contributed by atoms with E-state index in [1.54, 1.807) is 34.0 Å². The normalized spacial score (nSPS) is 18.0. The van der Waals surface area contributed by atoms with Crippen LogP contribution in [0.2, 0.25) is 0 Å². The van der Waals surface area contributed by atoms with Crippen molar-refractivity contribution in [3.05, 3.63) is 11.6 Å². The number of hydrogen-bond donors (Lipinski definition) is 1. The highest BCUT2D eigenvalue weighted by molar-refractivity contribution is 5.91. The van der Waals surface area contributed by atoms with E-state index in [4.69, 9.17) is 14.2 Å². The van der Waals surface area contributed by atoms with E-state index in [9.17, 15) is 14.7 Å². The predicted octanol–water partition coefficient (Wildman–Crippen LogP) is 2.56. The molecule has 132 valence electrons. The summed E-state index contributed by atoms with van der Waals surface area (Å²) in [6.07, 6.45) is 4.30. The van der Waals surface area contributed by atoms with Crippen molar-refractivity contribution >= 4 is 11.9 Å². The monoisotopic (exact) mass is 328 g/mol. The number of aliphatic carboxylic acids is 1. The van der Waals surface area contributed by atoms with E-state index in [1.165, 1.54) is 0 Å². The molecule has 6 nitrogen and oxygen atoms in total. The van der Waals surface area contributed by atoms with E-state index in [0.717, 1.165) is 12.8 Å². The van der Waals surface area contributed by atoms with Gasteiger partial charge < -0.3 is 19.3 Å². The molecule has 1 aliphatic rings. The first-order valence-electron chi connectivity index (χ1n) is 7.95. The maximum atomic E-state index is 12.4. The first-order chi connectivity index (χ1) is 10.7. The molecule has 0 aromatic rings. The van der Waals surface area contributed by atoms with E-state index in [2.05, 4.69) is 0 Å². The van der Waals surface area contributed by atoms with Gasteiger partial charge in [-0.1, -0.05) is 18.9 Å². The molecule has 0 aliphatic heterocycles. The lowest BCUT2D eigenvalue weighted by Gasteiger charge is -2.24. The molecule has 0 heterocycles. The van der Waals surface area contributed by atoms with E-state index < -0.39 is 23.0 Å². The SMILES string of the molecule is COCCOCC(=CC1(C(=O)O)CCCC1)C(=O)OC(C)(C)C. The van der Waals surface area contributed by atoms with Crippen LogP contribution in [0.3, 0.4) is 0 Å². The smallest absolute Gasteiger partial charge is 0.336 e. The minimum atomic E-state index is -0.989. The Morgan fingerprint density at radius 1 is 1.17 bits per heavy atom. The second-order valence-electron chi connectivity index (χ2n) is 6.89. The second kappa shape index (κ2) is 8.45. The first-order valence-corrected chi connectivity index (χ1v) is 7.95. The van der Waals surface area contributed by atoms with Gasteiger partial charge in [-0.25, -0.2) is 4.79 Å². The highest BCUT2D eigenvalue weighted by Gasteiger charge is 2.40. The molecule has 0 atom stereocenters. The molecule has 1 fully saturated rings. The third-order valence-electron chi connectivity index (χ3n) is 3.72. The molecule has 0 amide bonds. The molecule has 0 spiro atoms. The van der Waals surface area contributed by atoms with Gasteiger partial charge in [-0.2, -0.15) is 0 Å². The van der Waals surface area contributed by atoms with E-state index in [0.29, 0.717) is 26.1 Å². The third kappa shape index (κ3) is 6.31. The number of carboxylic acid groups (broad SMARTS) is 1. The van der Waals surface area contributed by atoms with Crippen LogP contribution in [-0.2, 0) is 23.8 Å². The minimum Gasteiger partial charge on any atom is -0.481 e. The summed E-state index contributed by atoms with van der Waals surface area (Å²) in [5, 5.41) is 9.58. The van der Waals surface area contributed by atoms with Crippen molar-refractivity contribution in [2.45, 2.75) is 52.1 Å². The van der Waals surface area contributed by atoms with Gasteiger partial charge in [0.15, 0.2) is 0 Å². The molecular formula is C17H28O6. The van der Waals surface area contributed by atoms with Crippen LogP contribution in [0.1, 0.15) is 46.5 Å². The average molecular weight is 328 g/mol. The van der Waals surface area contributed by atoms with Gasteiger partial charge in [0.25, 0.3) is 0 Å². The number of carboxylic acids is 1. The van der Waals surface area contributed by atoms with Gasteiger partial charge in [-0.05, 0) is 33.6 Å². The number of carbonyl (C=O) groups excluding carboxylic acids is 1. The van der Waals surface area contributed by atoms with Crippen molar-refractivity contribution in [1.82, 2.24) is 0 Å². The van der Waals surface area contributed by atoms with Crippen LogP contribution < -0.4 is 0 Å². The number of rotatable bonds is 8. The second-order valence-corrected chi connectivity index (χ2v) is 6.89. The van der Waals surface area contributed by atoms with Gasteiger partial charge in [0.2, 0.25) is 0 Å². The Bertz CT molecular complexity index is 440. The fourth-order valence-corrected chi connectivity index (χ4v) is 2.59. The van der Waals surface area contributed by atoms with E-state index in [1.807, 2.05) is 0 Å². The van der Waals surface area contributed by atoms with Crippen LogP contribution >= 0.6 is 0 Å². The summed E-state index contributed by atoms with van der Waals surface area (Å²) in [5.74, 6) is -1.42. The molecule has 6 heteroatoms. The molecule has 0 aromatic carbocycles. The lowest BCUT2D eigenvalue weighted by molar-refractivity contribution is -0.150. The Kier molecular flexibility index (Phi) is 7.22. The van der Waals surface area contributed by atoms with Gasteiger partial charge in [-0.3, -0.25) is 4.79 Å². The summed E-state index contributed by atoms with van der Waals surface area (Å²) < 4.78 is 15.7. The average Bonchev–Trinajstić information content (AvgIpc) is 2.90. The fourth-order valence-electron chi connectivity index (χ4n) is 2.59. The Labute approximate surface area is 137 Å². The molecule has 1 aliphatic carbocycles. The maximum Gasteiger partial charge on any atom is 0.336 e. The fraction of sp³-hybridized carbons (Fsp3) is 0.765. The van der Waals surface area contributed by atoms with Crippen LogP contribution in [0, 0.1) is 5.41 Å².